The molecule has 0 amide bonds. The van der Waals surface area contributed by atoms with Crippen LogP contribution in [0.3, 0.4) is 0 Å². The van der Waals surface area contributed by atoms with E-state index in [9.17, 15) is 8.42 Å². The summed E-state index contributed by atoms with van der Waals surface area (Å²) >= 11 is 0. The van der Waals surface area contributed by atoms with Crippen molar-refractivity contribution in [3.8, 4) is 0 Å². The van der Waals surface area contributed by atoms with E-state index in [0.717, 1.165) is 18.4 Å². The van der Waals surface area contributed by atoms with Gasteiger partial charge in [-0.3, -0.25) is 0 Å². The molecule has 1 saturated heterocycles. The topological polar surface area (TPSA) is 37.4 Å². The molecule has 0 aliphatic carbocycles. The third-order valence-electron chi connectivity index (χ3n) is 4.68. The molecule has 0 saturated carbocycles. The highest BCUT2D eigenvalue weighted by Gasteiger charge is 2.42. The van der Waals surface area contributed by atoms with Crippen molar-refractivity contribution < 1.29 is 8.42 Å². The fourth-order valence-corrected chi connectivity index (χ4v) is 5.08. The normalized spacial score (nSPS) is 21.6. The third kappa shape index (κ3) is 4.70. The van der Waals surface area contributed by atoms with Gasteiger partial charge in [0.05, 0.1) is 4.90 Å². The Morgan fingerprint density at radius 1 is 1.21 bits per heavy atom. The van der Waals surface area contributed by atoms with E-state index >= 15 is 0 Å². The molecule has 1 aliphatic rings. The van der Waals surface area contributed by atoms with Crippen molar-refractivity contribution in [2.24, 2.45) is 5.41 Å². The zero-order valence-electron chi connectivity index (χ0n) is 15.5. The van der Waals surface area contributed by atoms with E-state index < -0.39 is 10.0 Å². The van der Waals surface area contributed by atoms with Gasteiger partial charge in [-0.05, 0) is 43.7 Å². The van der Waals surface area contributed by atoms with Crippen LogP contribution in [0.2, 0.25) is 0 Å². The molecule has 24 heavy (non-hydrogen) atoms. The summed E-state index contributed by atoms with van der Waals surface area (Å²) in [6.45, 7) is 9.04. The fourth-order valence-electron chi connectivity index (χ4n) is 3.31. The van der Waals surface area contributed by atoms with Gasteiger partial charge in [0.25, 0.3) is 0 Å². The van der Waals surface area contributed by atoms with Crippen LogP contribution in [0.25, 0.3) is 0 Å². The van der Waals surface area contributed by atoms with Crippen LogP contribution in [0.15, 0.2) is 41.3 Å². The van der Waals surface area contributed by atoms with Gasteiger partial charge < -0.3 is 0 Å². The molecule has 134 valence electrons. The van der Waals surface area contributed by atoms with Crippen LogP contribution in [0.5, 0.6) is 0 Å². The Balaban J connectivity index is 2.19. The average molecular weight is 350 g/mol. The number of aryl methyl sites for hydroxylation is 1. The molecule has 3 nitrogen and oxygen atoms in total. The largest absolute Gasteiger partial charge is 0.243 e. The summed E-state index contributed by atoms with van der Waals surface area (Å²) in [6.07, 6.45) is 9.79. The monoisotopic (exact) mass is 349 g/mol. The summed E-state index contributed by atoms with van der Waals surface area (Å²) < 4.78 is 27.8. The smallest absolute Gasteiger partial charge is 0.207 e. The summed E-state index contributed by atoms with van der Waals surface area (Å²) in [5.74, 6) is 0. The number of sulfonamides is 1. The minimum Gasteiger partial charge on any atom is -0.207 e. The number of benzene rings is 1. The molecule has 1 aliphatic heterocycles. The Bertz CT molecular complexity index is 659. The molecule has 4 heteroatoms. The van der Waals surface area contributed by atoms with Gasteiger partial charge >= 0.3 is 0 Å². The molecular formula is C20H31NO2S. The van der Waals surface area contributed by atoms with Crippen LogP contribution in [-0.4, -0.2) is 25.3 Å². The molecule has 0 bridgehead atoms. The Labute approximate surface area is 147 Å². The average Bonchev–Trinajstić information content (AvgIpc) is 2.83. The lowest BCUT2D eigenvalue weighted by atomic mass is 9.90. The predicted molar refractivity (Wildman–Crippen MR) is 101 cm³/mol. The Morgan fingerprint density at radius 2 is 1.88 bits per heavy atom. The third-order valence-corrected chi connectivity index (χ3v) is 6.56. The molecule has 1 unspecified atom stereocenters. The van der Waals surface area contributed by atoms with E-state index in [1.54, 1.807) is 16.4 Å². The van der Waals surface area contributed by atoms with E-state index in [-0.39, 0.29) is 11.5 Å². The molecule has 1 fully saturated rings. The first kappa shape index (κ1) is 19.2. The van der Waals surface area contributed by atoms with Crippen molar-refractivity contribution in [3.63, 3.8) is 0 Å². The van der Waals surface area contributed by atoms with Gasteiger partial charge in [0.15, 0.2) is 0 Å². The molecule has 0 N–H and O–H groups in total. The number of rotatable bonds is 7. The summed E-state index contributed by atoms with van der Waals surface area (Å²) in [5, 5.41) is 0. The highest BCUT2D eigenvalue weighted by atomic mass is 32.2. The van der Waals surface area contributed by atoms with Crippen LogP contribution >= 0.6 is 0 Å². The zero-order valence-corrected chi connectivity index (χ0v) is 16.3. The SMILES string of the molecule is CCCCC/C=C\C1CC(C)(C)CN1S(=O)(=O)c1ccc(C)cc1. The highest BCUT2D eigenvalue weighted by molar-refractivity contribution is 7.89. The number of nitrogens with zero attached hydrogens (tertiary/aromatic N) is 1. The van der Waals surface area contributed by atoms with Crippen molar-refractivity contribution in [2.75, 3.05) is 6.54 Å². The minimum atomic E-state index is -3.44. The summed E-state index contributed by atoms with van der Waals surface area (Å²) in [6, 6.07) is 7.14. The van der Waals surface area contributed by atoms with Crippen LogP contribution in [0.4, 0.5) is 0 Å². The molecule has 0 spiro atoms. The van der Waals surface area contributed by atoms with Gasteiger partial charge in [0.2, 0.25) is 10.0 Å². The van der Waals surface area contributed by atoms with Crippen LogP contribution in [0.1, 0.15) is 58.4 Å². The first-order valence-corrected chi connectivity index (χ1v) is 10.5. The second kappa shape index (κ2) is 7.83. The standard InChI is InChI=1S/C20H31NO2S/c1-5-6-7-8-9-10-18-15-20(3,4)16-21(18)24(22,23)19-13-11-17(2)12-14-19/h9-14,18H,5-8,15-16H2,1-4H3/b10-9-. The van der Waals surface area contributed by atoms with Crippen molar-refractivity contribution in [1.29, 1.82) is 0 Å². The molecule has 1 aromatic rings. The van der Waals surface area contributed by atoms with E-state index in [4.69, 9.17) is 0 Å². The maximum absolute atomic E-state index is 13.1. The second-order valence-corrected chi connectivity index (χ2v) is 9.61. The van der Waals surface area contributed by atoms with Gasteiger partial charge in [-0.1, -0.05) is 63.5 Å². The first-order chi connectivity index (χ1) is 11.3. The predicted octanol–water partition coefficient (Wildman–Crippen LogP) is 4.92. The van der Waals surface area contributed by atoms with Crippen LogP contribution < -0.4 is 0 Å². The number of hydrogen-bond acceptors (Lipinski definition) is 2. The van der Waals surface area contributed by atoms with Gasteiger partial charge in [-0.15, -0.1) is 0 Å². The lowest BCUT2D eigenvalue weighted by Gasteiger charge is -2.22. The Hall–Kier alpha value is -1.13. The van der Waals surface area contributed by atoms with E-state index in [1.165, 1.54) is 19.3 Å². The quantitative estimate of drug-likeness (QED) is 0.517. The second-order valence-electron chi connectivity index (χ2n) is 7.72. The van der Waals surface area contributed by atoms with Crippen LogP contribution in [-0.2, 0) is 10.0 Å². The molecular weight excluding hydrogens is 318 g/mol. The maximum atomic E-state index is 13.1. The molecule has 0 aromatic heterocycles. The van der Waals surface area contributed by atoms with Gasteiger partial charge in [-0.25, -0.2) is 8.42 Å². The zero-order chi connectivity index (χ0) is 17.8. The van der Waals surface area contributed by atoms with Crippen molar-refractivity contribution in [3.05, 3.63) is 42.0 Å². The molecule has 0 radical (unpaired) electrons. The van der Waals surface area contributed by atoms with E-state index in [0.29, 0.717) is 11.4 Å². The molecule has 1 atom stereocenters. The lowest BCUT2D eigenvalue weighted by Crippen LogP contribution is -2.35. The van der Waals surface area contributed by atoms with Crippen molar-refractivity contribution in [2.45, 2.75) is 70.7 Å². The molecule has 1 aromatic carbocycles. The summed E-state index contributed by atoms with van der Waals surface area (Å²) in [4.78, 5) is 0.398. The number of allylic oxidation sites excluding steroid dienone is 1. The van der Waals surface area contributed by atoms with Gasteiger partial charge in [-0.2, -0.15) is 4.31 Å². The summed E-state index contributed by atoms with van der Waals surface area (Å²) in [5.41, 5.74) is 1.08. The lowest BCUT2D eigenvalue weighted by molar-refractivity contribution is 0.373. The van der Waals surface area contributed by atoms with Gasteiger partial charge in [0.1, 0.15) is 0 Å². The number of unbranched alkanes of at least 4 members (excludes halogenated alkanes) is 3. The van der Waals surface area contributed by atoms with Gasteiger partial charge in [0, 0.05) is 12.6 Å². The Kier molecular flexibility index (Phi) is 6.27. The molecule has 2 rings (SSSR count). The minimum absolute atomic E-state index is 0.0101. The maximum Gasteiger partial charge on any atom is 0.243 e. The molecule has 1 heterocycles. The Morgan fingerprint density at radius 3 is 2.50 bits per heavy atom. The van der Waals surface area contributed by atoms with Crippen molar-refractivity contribution in [1.82, 2.24) is 4.31 Å². The highest BCUT2D eigenvalue weighted by Crippen LogP contribution is 2.38. The van der Waals surface area contributed by atoms with Crippen molar-refractivity contribution >= 4 is 10.0 Å². The fraction of sp³-hybridized carbons (Fsp3) is 0.600. The first-order valence-electron chi connectivity index (χ1n) is 9.01. The van der Waals surface area contributed by atoms with E-state index in [2.05, 4.69) is 32.9 Å². The van der Waals surface area contributed by atoms with E-state index in [1.807, 2.05) is 19.1 Å². The number of hydrogen-bond donors (Lipinski definition) is 0. The summed E-state index contributed by atoms with van der Waals surface area (Å²) in [7, 11) is -3.44. The van der Waals surface area contributed by atoms with Crippen LogP contribution in [0, 0.1) is 12.3 Å².